The molecular weight excluding hydrogens is 400 g/mol. The molecule has 1 saturated heterocycles. The van der Waals surface area contributed by atoms with Gasteiger partial charge in [-0.25, -0.2) is 9.97 Å². The van der Waals surface area contributed by atoms with Gasteiger partial charge in [-0.15, -0.1) is 0 Å². The zero-order chi connectivity index (χ0) is 20.9. The van der Waals surface area contributed by atoms with Crippen LogP contribution in [0.15, 0.2) is 60.8 Å². The lowest BCUT2D eigenvalue weighted by Gasteiger charge is -2.33. The largest absolute Gasteiger partial charge is 0.484 e. The van der Waals surface area contributed by atoms with Crippen molar-refractivity contribution in [3.63, 3.8) is 0 Å². The number of aromatic nitrogens is 2. The molecule has 0 aliphatic carbocycles. The number of ether oxygens (including phenoxy) is 1. The molecule has 2 heterocycles. The van der Waals surface area contributed by atoms with Crippen molar-refractivity contribution < 1.29 is 9.53 Å². The number of nitrogen functional groups attached to an aromatic ring is 1. The van der Waals surface area contributed by atoms with Gasteiger partial charge in [0.25, 0.3) is 5.91 Å². The predicted octanol–water partition coefficient (Wildman–Crippen LogP) is 4.16. The SMILES string of the molecule is Nc1ncc(-c2ccc(Cl)cc2)c(C2CCCN(C(=O)COc3ccccc3)C2)n1. The summed E-state index contributed by atoms with van der Waals surface area (Å²) in [6.45, 7) is 1.31. The normalized spacial score (nSPS) is 16.3. The van der Waals surface area contributed by atoms with E-state index in [0.29, 0.717) is 23.9 Å². The van der Waals surface area contributed by atoms with E-state index < -0.39 is 0 Å². The maximum absolute atomic E-state index is 12.7. The molecule has 4 rings (SSSR count). The molecule has 3 aromatic rings. The van der Waals surface area contributed by atoms with E-state index in [0.717, 1.165) is 29.7 Å². The molecule has 6 nitrogen and oxygen atoms in total. The molecule has 0 radical (unpaired) electrons. The first-order chi connectivity index (χ1) is 14.6. The van der Waals surface area contributed by atoms with Crippen LogP contribution in [-0.2, 0) is 4.79 Å². The Morgan fingerprint density at radius 1 is 1.17 bits per heavy atom. The van der Waals surface area contributed by atoms with Gasteiger partial charge in [0.15, 0.2) is 6.61 Å². The third-order valence-corrected chi connectivity index (χ3v) is 5.51. The summed E-state index contributed by atoms with van der Waals surface area (Å²) in [5.41, 5.74) is 8.66. The molecule has 2 aromatic carbocycles. The van der Waals surface area contributed by atoms with E-state index in [2.05, 4.69) is 9.97 Å². The summed E-state index contributed by atoms with van der Waals surface area (Å²) in [4.78, 5) is 23.3. The number of likely N-dealkylation sites (tertiary alicyclic amines) is 1. The molecule has 1 aromatic heterocycles. The number of carbonyl (C=O) groups excluding carboxylic acids is 1. The summed E-state index contributed by atoms with van der Waals surface area (Å²) >= 11 is 6.03. The number of nitrogens with zero attached hydrogens (tertiary/aromatic N) is 3. The zero-order valence-electron chi connectivity index (χ0n) is 16.5. The Morgan fingerprint density at radius 3 is 2.70 bits per heavy atom. The minimum Gasteiger partial charge on any atom is -0.484 e. The van der Waals surface area contributed by atoms with E-state index in [1.807, 2.05) is 59.5 Å². The van der Waals surface area contributed by atoms with Crippen LogP contribution in [0.4, 0.5) is 5.95 Å². The van der Waals surface area contributed by atoms with Gasteiger partial charge in [-0.1, -0.05) is 41.9 Å². The molecule has 154 valence electrons. The lowest BCUT2D eigenvalue weighted by Crippen LogP contribution is -2.41. The van der Waals surface area contributed by atoms with Crippen molar-refractivity contribution in [1.82, 2.24) is 14.9 Å². The van der Waals surface area contributed by atoms with E-state index in [1.165, 1.54) is 0 Å². The Balaban J connectivity index is 1.51. The van der Waals surface area contributed by atoms with Gasteiger partial charge in [0, 0.05) is 35.8 Å². The molecule has 1 aliphatic heterocycles. The summed E-state index contributed by atoms with van der Waals surface area (Å²) < 4.78 is 5.64. The molecule has 1 fully saturated rings. The van der Waals surface area contributed by atoms with E-state index >= 15 is 0 Å². The smallest absolute Gasteiger partial charge is 0.260 e. The second kappa shape index (κ2) is 9.13. The molecule has 1 unspecified atom stereocenters. The topological polar surface area (TPSA) is 81.3 Å². The van der Waals surface area contributed by atoms with E-state index in [1.54, 1.807) is 6.20 Å². The first-order valence-electron chi connectivity index (χ1n) is 9.94. The van der Waals surface area contributed by atoms with E-state index in [-0.39, 0.29) is 24.4 Å². The van der Waals surface area contributed by atoms with Crippen molar-refractivity contribution >= 4 is 23.5 Å². The molecule has 0 saturated carbocycles. The van der Waals surface area contributed by atoms with Crippen LogP contribution in [0, 0.1) is 0 Å². The van der Waals surface area contributed by atoms with Gasteiger partial charge in [0.2, 0.25) is 5.95 Å². The van der Waals surface area contributed by atoms with Crippen LogP contribution in [-0.4, -0.2) is 40.5 Å². The van der Waals surface area contributed by atoms with Gasteiger partial charge in [0.1, 0.15) is 5.75 Å². The minimum atomic E-state index is -0.0291. The lowest BCUT2D eigenvalue weighted by atomic mass is 9.90. The molecule has 0 bridgehead atoms. The summed E-state index contributed by atoms with van der Waals surface area (Å²) in [6, 6.07) is 16.9. The predicted molar refractivity (Wildman–Crippen MR) is 117 cm³/mol. The Morgan fingerprint density at radius 2 is 1.93 bits per heavy atom. The Kier molecular flexibility index (Phi) is 6.14. The fraction of sp³-hybridized carbons (Fsp3) is 0.261. The number of rotatable bonds is 5. The molecule has 7 heteroatoms. The standard InChI is InChI=1S/C23H23ClN4O2/c24-18-10-8-16(9-11-18)20-13-26-23(25)27-22(20)17-5-4-12-28(14-17)21(29)15-30-19-6-2-1-3-7-19/h1-3,6-11,13,17H,4-5,12,14-15H2,(H2,25,26,27). The number of piperidine rings is 1. The fourth-order valence-corrected chi connectivity index (χ4v) is 3.88. The van der Waals surface area contributed by atoms with Gasteiger partial charge in [-0.2, -0.15) is 0 Å². The number of hydrogen-bond donors (Lipinski definition) is 1. The van der Waals surface area contributed by atoms with Gasteiger partial charge in [-0.05, 0) is 42.7 Å². The summed E-state index contributed by atoms with van der Waals surface area (Å²) in [6.07, 6.45) is 3.58. The van der Waals surface area contributed by atoms with Gasteiger partial charge in [-0.3, -0.25) is 4.79 Å². The Labute approximate surface area is 180 Å². The summed E-state index contributed by atoms with van der Waals surface area (Å²) in [5, 5.41) is 0.671. The van der Waals surface area contributed by atoms with Crippen LogP contribution in [0.3, 0.4) is 0 Å². The number of amides is 1. The molecule has 1 aliphatic rings. The van der Waals surface area contributed by atoms with Crippen molar-refractivity contribution in [3.8, 4) is 16.9 Å². The van der Waals surface area contributed by atoms with Crippen LogP contribution < -0.4 is 10.5 Å². The molecule has 1 amide bonds. The number of hydrogen-bond acceptors (Lipinski definition) is 5. The van der Waals surface area contributed by atoms with Crippen LogP contribution in [0.2, 0.25) is 5.02 Å². The number of benzene rings is 2. The maximum Gasteiger partial charge on any atom is 0.260 e. The maximum atomic E-state index is 12.7. The van der Waals surface area contributed by atoms with Gasteiger partial charge in [0.05, 0.1) is 5.69 Å². The van der Waals surface area contributed by atoms with Gasteiger partial charge >= 0.3 is 0 Å². The molecule has 2 N–H and O–H groups in total. The average molecular weight is 423 g/mol. The van der Waals surface area contributed by atoms with Crippen molar-refractivity contribution in [1.29, 1.82) is 0 Å². The zero-order valence-corrected chi connectivity index (χ0v) is 17.3. The molecule has 1 atom stereocenters. The Hall–Kier alpha value is -3.12. The number of para-hydroxylation sites is 1. The third-order valence-electron chi connectivity index (χ3n) is 5.26. The highest BCUT2D eigenvalue weighted by Crippen LogP contribution is 2.33. The monoisotopic (exact) mass is 422 g/mol. The first kappa shape index (κ1) is 20.2. The van der Waals surface area contributed by atoms with Crippen LogP contribution >= 0.6 is 11.6 Å². The quantitative estimate of drug-likeness (QED) is 0.667. The highest BCUT2D eigenvalue weighted by atomic mass is 35.5. The highest BCUT2D eigenvalue weighted by Gasteiger charge is 2.28. The minimum absolute atomic E-state index is 0.0205. The van der Waals surface area contributed by atoms with Crippen LogP contribution in [0.25, 0.3) is 11.1 Å². The fourth-order valence-electron chi connectivity index (χ4n) is 3.75. The number of anilines is 1. The van der Waals surface area contributed by atoms with Gasteiger partial charge < -0.3 is 15.4 Å². The summed E-state index contributed by atoms with van der Waals surface area (Å²) in [7, 11) is 0. The van der Waals surface area contributed by atoms with E-state index in [9.17, 15) is 4.79 Å². The number of nitrogens with two attached hydrogens (primary N) is 1. The van der Waals surface area contributed by atoms with Crippen molar-refractivity contribution in [2.24, 2.45) is 0 Å². The molecular formula is C23H23ClN4O2. The lowest BCUT2D eigenvalue weighted by molar-refractivity contribution is -0.134. The molecule has 0 spiro atoms. The summed E-state index contributed by atoms with van der Waals surface area (Å²) in [5.74, 6) is 0.973. The Bertz CT molecular complexity index is 1010. The van der Waals surface area contributed by atoms with Crippen molar-refractivity contribution in [3.05, 3.63) is 71.5 Å². The van der Waals surface area contributed by atoms with Crippen LogP contribution in [0.1, 0.15) is 24.5 Å². The number of carbonyl (C=O) groups is 1. The average Bonchev–Trinajstić information content (AvgIpc) is 2.79. The van der Waals surface area contributed by atoms with E-state index in [4.69, 9.17) is 22.1 Å². The first-order valence-corrected chi connectivity index (χ1v) is 10.3. The van der Waals surface area contributed by atoms with Crippen molar-refractivity contribution in [2.45, 2.75) is 18.8 Å². The second-order valence-corrected chi connectivity index (χ2v) is 7.75. The second-order valence-electron chi connectivity index (χ2n) is 7.31. The third kappa shape index (κ3) is 4.71. The van der Waals surface area contributed by atoms with Crippen molar-refractivity contribution in [2.75, 3.05) is 25.4 Å². The van der Waals surface area contributed by atoms with Crippen LogP contribution in [0.5, 0.6) is 5.75 Å². The highest BCUT2D eigenvalue weighted by molar-refractivity contribution is 6.30. The number of halogens is 1. The molecule has 30 heavy (non-hydrogen) atoms.